The van der Waals surface area contributed by atoms with E-state index >= 15 is 0 Å². The van der Waals surface area contributed by atoms with Crippen molar-refractivity contribution in [2.45, 2.75) is 24.9 Å². The highest BCUT2D eigenvalue weighted by molar-refractivity contribution is 5.78. The Kier molecular flexibility index (Phi) is 5.33. The Morgan fingerprint density at radius 2 is 2.11 bits per heavy atom. The highest BCUT2D eigenvalue weighted by Crippen LogP contribution is 2.28. The average molecular weight is 267 g/mol. The summed E-state index contributed by atoms with van der Waals surface area (Å²) in [5, 5.41) is 11.1. The molecule has 2 saturated heterocycles. The number of nitrogens with zero attached hydrogens (tertiary/aromatic N) is 3. The summed E-state index contributed by atoms with van der Waals surface area (Å²) in [6, 6.07) is 1.22. The molecule has 2 unspecified atom stereocenters. The SMILES string of the molecule is CNN1C2CCC1CN(CC(C=NCCO)=CN)C2. The second kappa shape index (κ2) is 7.00. The lowest BCUT2D eigenvalue weighted by Gasteiger charge is -2.40. The molecule has 2 atom stereocenters. The molecule has 2 rings (SSSR count). The van der Waals surface area contributed by atoms with Crippen molar-refractivity contribution in [2.75, 3.05) is 39.8 Å². The summed E-state index contributed by atoms with van der Waals surface area (Å²) in [5.74, 6) is 0. The van der Waals surface area contributed by atoms with Crippen LogP contribution in [-0.2, 0) is 0 Å². The van der Waals surface area contributed by atoms with Crippen LogP contribution in [0, 0.1) is 0 Å². The summed E-state index contributed by atoms with van der Waals surface area (Å²) in [4.78, 5) is 6.58. The van der Waals surface area contributed by atoms with Gasteiger partial charge in [-0.15, -0.1) is 0 Å². The second-order valence-electron chi connectivity index (χ2n) is 5.21. The molecule has 0 aromatic rings. The molecular weight excluding hydrogens is 242 g/mol. The van der Waals surface area contributed by atoms with Crippen LogP contribution < -0.4 is 11.2 Å². The maximum Gasteiger partial charge on any atom is 0.0626 e. The third-order valence-electron chi connectivity index (χ3n) is 3.92. The largest absolute Gasteiger partial charge is 0.404 e. The highest BCUT2D eigenvalue weighted by atomic mass is 16.3. The van der Waals surface area contributed by atoms with Gasteiger partial charge < -0.3 is 10.8 Å². The van der Waals surface area contributed by atoms with Crippen molar-refractivity contribution in [3.63, 3.8) is 0 Å². The van der Waals surface area contributed by atoms with Crippen LogP contribution in [0.1, 0.15) is 12.8 Å². The number of hydrogen-bond acceptors (Lipinski definition) is 6. The van der Waals surface area contributed by atoms with Crippen LogP contribution in [-0.4, -0.2) is 73.1 Å². The minimum absolute atomic E-state index is 0.0827. The van der Waals surface area contributed by atoms with Crippen molar-refractivity contribution in [1.29, 1.82) is 0 Å². The Labute approximate surface area is 114 Å². The fourth-order valence-corrected chi connectivity index (χ4v) is 3.12. The highest BCUT2D eigenvalue weighted by Gasteiger charge is 2.39. The van der Waals surface area contributed by atoms with Crippen molar-refractivity contribution < 1.29 is 5.11 Å². The third kappa shape index (κ3) is 3.54. The number of rotatable bonds is 6. The van der Waals surface area contributed by atoms with Crippen molar-refractivity contribution in [3.8, 4) is 0 Å². The standard InChI is InChI=1S/C13H25N5O/c1-15-18-12-2-3-13(18)10-17(9-12)8-11(6-14)7-16-4-5-19/h6-7,12-13,15,19H,2-5,8-10,14H2,1H3. The zero-order valence-electron chi connectivity index (χ0n) is 11.6. The second-order valence-corrected chi connectivity index (χ2v) is 5.21. The molecule has 2 aliphatic heterocycles. The lowest BCUT2D eigenvalue weighted by molar-refractivity contribution is 0.0385. The van der Waals surface area contributed by atoms with Crippen molar-refractivity contribution in [1.82, 2.24) is 15.3 Å². The van der Waals surface area contributed by atoms with Gasteiger partial charge in [0.15, 0.2) is 0 Å². The fourth-order valence-electron chi connectivity index (χ4n) is 3.12. The number of aliphatic hydroxyl groups excluding tert-OH is 1. The Morgan fingerprint density at radius 3 is 2.63 bits per heavy atom. The Hall–Kier alpha value is -0.950. The van der Waals surface area contributed by atoms with Crippen LogP contribution in [0.2, 0.25) is 0 Å². The lowest BCUT2D eigenvalue weighted by atomic mass is 10.2. The zero-order valence-corrected chi connectivity index (χ0v) is 11.6. The van der Waals surface area contributed by atoms with E-state index in [0.29, 0.717) is 18.6 Å². The number of fused-ring (bicyclic) bond motifs is 2. The molecule has 2 bridgehead atoms. The quantitative estimate of drug-likeness (QED) is 0.548. The van der Waals surface area contributed by atoms with Crippen LogP contribution >= 0.6 is 0 Å². The van der Waals surface area contributed by atoms with E-state index in [1.165, 1.54) is 12.8 Å². The summed E-state index contributed by atoms with van der Waals surface area (Å²) >= 11 is 0. The van der Waals surface area contributed by atoms with E-state index in [9.17, 15) is 0 Å². The van der Waals surface area contributed by atoms with Gasteiger partial charge in [0.1, 0.15) is 0 Å². The maximum absolute atomic E-state index is 8.72. The molecule has 0 saturated carbocycles. The van der Waals surface area contributed by atoms with Gasteiger partial charge >= 0.3 is 0 Å². The number of nitrogens with one attached hydrogen (secondary N) is 1. The molecule has 0 aromatic carbocycles. The topological polar surface area (TPSA) is 77.1 Å². The summed E-state index contributed by atoms with van der Waals surface area (Å²) in [7, 11) is 2.01. The number of hydrazine groups is 1. The number of aliphatic hydroxyl groups is 1. The molecule has 19 heavy (non-hydrogen) atoms. The predicted molar refractivity (Wildman–Crippen MR) is 76.9 cm³/mol. The molecule has 0 amide bonds. The number of hydrogen-bond donors (Lipinski definition) is 3. The smallest absolute Gasteiger partial charge is 0.0626 e. The van der Waals surface area contributed by atoms with E-state index < -0.39 is 0 Å². The average Bonchev–Trinajstić information content (AvgIpc) is 2.67. The Balaban J connectivity index is 1.87. The first-order valence-corrected chi connectivity index (χ1v) is 6.98. The van der Waals surface area contributed by atoms with Crippen molar-refractivity contribution in [2.24, 2.45) is 10.7 Å². The van der Waals surface area contributed by atoms with E-state index in [4.69, 9.17) is 10.8 Å². The summed E-state index contributed by atoms with van der Waals surface area (Å²) < 4.78 is 0. The molecule has 0 radical (unpaired) electrons. The Morgan fingerprint density at radius 1 is 1.42 bits per heavy atom. The van der Waals surface area contributed by atoms with E-state index in [0.717, 1.165) is 25.2 Å². The maximum atomic E-state index is 8.72. The molecule has 0 aliphatic carbocycles. The van der Waals surface area contributed by atoms with Crippen LogP contribution in [0.25, 0.3) is 0 Å². The summed E-state index contributed by atoms with van der Waals surface area (Å²) in [6.07, 6.45) is 5.93. The molecule has 6 nitrogen and oxygen atoms in total. The number of likely N-dealkylation sites (tertiary alicyclic amines) is 1. The van der Waals surface area contributed by atoms with Crippen LogP contribution in [0.4, 0.5) is 0 Å². The zero-order chi connectivity index (χ0) is 13.7. The lowest BCUT2D eigenvalue weighted by Crippen LogP contribution is -2.57. The fraction of sp³-hybridized carbons (Fsp3) is 0.769. The molecule has 2 heterocycles. The van der Waals surface area contributed by atoms with Crippen molar-refractivity contribution >= 4 is 6.21 Å². The first kappa shape index (κ1) is 14.5. The first-order chi connectivity index (χ1) is 9.28. The number of aliphatic imine (C=N–C) groups is 1. The van der Waals surface area contributed by atoms with Crippen LogP contribution in [0.15, 0.2) is 16.8 Å². The molecule has 2 aliphatic rings. The van der Waals surface area contributed by atoms with Gasteiger partial charge in [-0.05, 0) is 31.7 Å². The molecule has 108 valence electrons. The summed E-state index contributed by atoms with van der Waals surface area (Å²) in [6.45, 7) is 3.51. The van der Waals surface area contributed by atoms with Gasteiger partial charge in [0.25, 0.3) is 0 Å². The van der Waals surface area contributed by atoms with Gasteiger partial charge in [-0.2, -0.15) is 0 Å². The normalized spacial score (nSPS) is 29.5. The third-order valence-corrected chi connectivity index (χ3v) is 3.92. The van der Waals surface area contributed by atoms with Gasteiger partial charge in [-0.3, -0.25) is 15.3 Å². The monoisotopic (exact) mass is 267 g/mol. The van der Waals surface area contributed by atoms with E-state index in [1.54, 1.807) is 12.4 Å². The van der Waals surface area contributed by atoms with Crippen LogP contribution in [0.5, 0.6) is 0 Å². The van der Waals surface area contributed by atoms with Gasteiger partial charge in [0.05, 0.1) is 13.2 Å². The molecular formula is C13H25N5O. The van der Waals surface area contributed by atoms with Gasteiger partial charge in [-0.1, -0.05) is 0 Å². The van der Waals surface area contributed by atoms with Gasteiger partial charge in [-0.25, -0.2) is 5.01 Å². The molecule has 0 spiro atoms. The van der Waals surface area contributed by atoms with Crippen molar-refractivity contribution in [3.05, 3.63) is 11.8 Å². The molecule has 2 fully saturated rings. The number of piperazine rings is 1. The van der Waals surface area contributed by atoms with Crippen LogP contribution in [0.3, 0.4) is 0 Å². The summed E-state index contributed by atoms with van der Waals surface area (Å²) in [5.41, 5.74) is 9.97. The molecule has 0 aromatic heterocycles. The molecule has 6 heteroatoms. The predicted octanol–water partition coefficient (Wildman–Crippen LogP) is -0.825. The van der Waals surface area contributed by atoms with Gasteiger partial charge in [0.2, 0.25) is 0 Å². The Bertz CT molecular complexity index is 330. The van der Waals surface area contributed by atoms with E-state index in [1.807, 2.05) is 7.05 Å². The minimum Gasteiger partial charge on any atom is -0.404 e. The van der Waals surface area contributed by atoms with E-state index in [-0.39, 0.29) is 6.61 Å². The first-order valence-electron chi connectivity index (χ1n) is 6.98. The minimum atomic E-state index is 0.0827. The molecule has 4 N–H and O–H groups in total. The van der Waals surface area contributed by atoms with E-state index in [2.05, 4.69) is 20.3 Å². The number of nitrogens with two attached hydrogens (primary N) is 1. The van der Waals surface area contributed by atoms with Gasteiger partial charge in [0, 0.05) is 37.9 Å².